The second-order valence-corrected chi connectivity index (χ2v) is 2.77. The van der Waals surface area contributed by atoms with Gasteiger partial charge in [-0.1, -0.05) is 6.07 Å². The van der Waals surface area contributed by atoms with Crippen molar-refractivity contribution in [3.05, 3.63) is 39.4 Å². The van der Waals surface area contributed by atoms with E-state index >= 15 is 0 Å². The number of hydrogen-bond acceptors (Lipinski definition) is 3. The summed E-state index contributed by atoms with van der Waals surface area (Å²) in [6.07, 6.45) is 0. The molecule has 0 spiro atoms. The molecule has 1 N–H and O–H groups in total. The van der Waals surface area contributed by atoms with E-state index in [2.05, 4.69) is 0 Å². The van der Waals surface area contributed by atoms with Crippen LogP contribution >= 0.6 is 11.6 Å². The number of benzene rings is 1. The molecule has 0 heterocycles. The summed E-state index contributed by atoms with van der Waals surface area (Å²) in [4.78, 5) is 20.5. The summed E-state index contributed by atoms with van der Waals surface area (Å²) in [7, 11) is 0. The van der Waals surface area contributed by atoms with E-state index in [9.17, 15) is 14.9 Å². The molecule has 76 valence electrons. The molecule has 0 atom stereocenters. The summed E-state index contributed by atoms with van der Waals surface area (Å²) in [6, 6.07) is 3.83. The normalized spacial score (nSPS) is 9.13. The minimum atomic E-state index is -1.22. The van der Waals surface area contributed by atoms with Crippen LogP contribution in [0.15, 0.2) is 18.2 Å². The summed E-state index contributed by atoms with van der Waals surface area (Å²) in [5, 5.41) is 19.2. The molecule has 0 unspecified atom stereocenters. The third-order valence-electron chi connectivity index (χ3n) is 1.71. The van der Waals surface area contributed by atoms with Crippen LogP contribution in [0.4, 0.5) is 5.69 Å². The number of nitrogens with zero attached hydrogens (tertiary/aromatic N) is 1. The molecule has 0 saturated heterocycles. The maximum absolute atomic E-state index is 10.7. The van der Waals surface area contributed by atoms with Crippen molar-refractivity contribution in [1.29, 1.82) is 0 Å². The number of halogens is 1. The van der Waals surface area contributed by atoms with Crippen LogP contribution in [-0.4, -0.2) is 45.6 Å². The van der Waals surface area contributed by atoms with Crippen LogP contribution in [-0.2, 0) is 5.88 Å². The van der Waals surface area contributed by atoms with Gasteiger partial charge in [0.2, 0.25) is 0 Å². The van der Waals surface area contributed by atoms with E-state index in [4.69, 9.17) is 16.7 Å². The van der Waals surface area contributed by atoms with Gasteiger partial charge in [-0.25, -0.2) is 4.79 Å². The predicted molar refractivity (Wildman–Crippen MR) is 56.8 cm³/mol. The minimum absolute atomic E-state index is 0. The summed E-state index contributed by atoms with van der Waals surface area (Å²) < 4.78 is 0. The van der Waals surface area contributed by atoms with Crippen molar-refractivity contribution in [3.8, 4) is 0 Å². The van der Waals surface area contributed by atoms with Gasteiger partial charge in [-0.15, -0.1) is 11.6 Å². The molecule has 1 aromatic carbocycles. The molecule has 0 fully saturated rings. The quantitative estimate of drug-likeness (QED) is 0.374. The number of rotatable bonds is 3. The molecule has 0 saturated carbocycles. The van der Waals surface area contributed by atoms with Gasteiger partial charge in [0.15, 0.2) is 0 Å². The first-order valence-electron chi connectivity index (χ1n) is 3.63. The zero-order valence-electron chi connectivity index (χ0n) is 6.94. The summed E-state index contributed by atoms with van der Waals surface area (Å²) in [5.41, 5.74) is -0.360. The van der Waals surface area contributed by atoms with Gasteiger partial charge in [0, 0.05) is 6.07 Å². The number of nitro groups is 1. The monoisotopic (exact) mass is 239 g/mol. The summed E-state index contributed by atoms with van der Waals surface area (Å²) in [6.45, 7) is 0. The Morgan fingerprint density at radius 1 is 1.53 bits per heavy atom. The average molecular weight is 240 g/mol. The Morgan fingerprint density at radius 3 is 2.53 bits per heavy atom. The molecule has 0 bridgehead atoms. The molecule has 0 aliphatic carbocycles. The van der Waals surface area contributed by atoms with E-state index in [-0.39, 0.29) is 52.3 Å². The zero-order valence-corrected chi connectivity index (χ0v) is 7.69. The average Bonchev–Trinajstić information content (AvgIpc) is 2.16. The van der Waals surface area contributed by atoms with Crippen LogP contribution in [0.1, 0.15) is 15.9 Å². The number of carboxylic acid groups (broad SMARTS) is 1. The van der Waals surface area contributed by atoms with Gasteiger partial charge in [0.1, 0.15) is 0 Å². The van der Waals surface area contributed by atoms with Crippen LogP contribution in [0.25, 0.3) is 0 Å². The molecule has 0 radical (unpaired) electrons. The molecule has 0 aliphatic heterocycles. The van der Waals surface area contributed by atoms with E-state index in [0.29, 0.717) is 0 Å². The molecule has 0 amide bonds. The van der Waals surface area contributed by atoms with Gasteiger partial charge in [0.05, 0.1) is 21.9 Å². The van der Waals surface area contributed by atoms with Crippen LogP contribution in [0.3, 0.4) is 0 Å². The Balaban J connectivity index is 0.00000196. The summed E-state index contributed by atoms with van der Waals surface area (Å²) >= 11 is 5.46. The number of carbonyl (C=O) groups is 1. The second-order valence-electron chi connectivity index (χ2n) is 2.50. The van der Waals surface area contributed by atoms with Gasteiger partial charge in [-0.3, -0.25) is 10.1 Å². The third kappa shape index (κ3) is 3.17. The van der Waals surface area contributed by atoms with Crippen LogP contribution in [0.2, 0.25) is 0 Å². The predicted octanol–water partition coefficient (Wildman–Crippen LogP) is 1.38. The molecule has 0 aliphatic rings. The molecular formula is C8H7ClNNaO4. The Kier molecular flexibility index (Phi) is 5.82. The standard InChI is InChI=1S/C8H6ClNO4.Na.H/c9-4-6-5(8(11)12)2-1-3-7(6)10(13)14;;/h1-3H,4H2,(H,11,12);;. The van der Waals surface area contributed by atoms with Gasteiger partial charge < -0.3 is 5.11 Å². The Hall–Kier alpha value is -0.620. The topological polar surface area (TPSA) is 80.4 Å². The molecular weight excluding hydrogens is 233 g/mol. The number of nitro benzene ring substituents is 1. The SMILES string of the molecule is O=C(O)c1cccc([N+](=O)[O-])c1CCl.[NaH]. The van der Waals surface area contributed by atoms with Gasteiger partial charge in [-0.2, -0.15) is 0 Å². The van der Waals surface area contributed by atoms with E-state index < -0.39 is 10.9 Å². The van der Waals surface area contributed by atoms with Crippen molar-refractivity contribution in [1.82, 2.24) is 0 Å². The van der Waals surface area contributed by atoms with Crippen LogP contribution < -0.4 is 0 Å². The zero-order chi connectivity index (χ0) is 10.7. The number of hydrogen-bond donors (Lipinski definition) is 1. The fraction of sp³-hybridized carbons (Fsp3) is 0.125. The van der Waals surface area contributed by atoms with E-state index in [1.54, 1.807) is 0 Å². The molecule has 0 aromatic heterocycles. The van der Waals surface area contributed by atoms with Crippen molar-refractivity contribution in [2.75, 3.05) is 0 Å². The van der Waals surface area contributed by atoms with Crippen LogP contribution in [0, 0.1) is 10.1 Å². The van der Waals surface area contributed by atoms with Crippen molar-refractivity contribution in [3.63, 3.8) is 0 Å². The van der Waals surface area contributed by atoms with E-state index in [1.165, 1.54) is 18.2 Å². The van der Waals surface area contributed by atoms with Crippen molar-refractivity contribution in [2.24, 2.45) is 0 Å². The Labute approximate surface area is 112 Å². The molecule has 1 aromatic rings. The van der Waals surface area contributed by atoms with E-state index in [1.807, 2.05) is 0 Å². The van der Waals surface area contributed by atoms with Gasteiger partial charge in [-0.05, 0) is 6.07 Å². The van der Waals surface area contributed by atoms with Crippen LogP contribution in [0.5, 0.6) is 0 Å². The third-order valence-corrected chi connectivity index (χ3v) is 1.98. The van der Waals surface area contributed by atoms with Gasteiger partial charge in [0.25, 0.3) is 5.69 Å². The number of alkyl halides is 1. The first-order valence-corrected chi connectivity index (χ1v) is 4.17. The molecule has 5 nitrogen and oxygen atoms in total. The van der Waals surface area contributed by atoms with E-state index in [0.717, 1.165) is 0 Å². The van der Waals surface area contributed by atoms with Crippen molar-refractivity contribution in [2.45, 2.75) is 5.88 Å². The van der Waals surface area contributed by atoms with Crippen molar-refractivity contribution >= 4 is 52.8 Å². The second kappa shape index (κ2) is 6.07. The summed E-state index contributed by atoms with van der Waals surface area (Å²) in [5.74, 6) is -1.41. The molecule has 1 rings (SSSR count). The fourth-order valence-electron chi connectivity index (χ4n) is 1.09. The fourth-order valence-corrected chi connectivity index (χ4v) is 1.37. The Bertz CT molecular complexity index is 364. The molecule has 7 heteroatoms. The first-order chi connectivity index (χ1) is 6.57. The first kappa shape index (κ1) is 14.4. The van der Waals surface area contributed by atoms with Crippen molar-refractivity contribution < 1.29 is 14.8 Å². The number of aromatic carboxylic acids is 1. The number of carboxylic acids is 1. The molecule has 15 heavy (non-hydrogen) atoms. The maximum atomic E-state index is 10.7. The Morgan fingerprint density at radius 2 is 2.13 bits per heavy atom. The van der Waals surface area contributed by atoms with Gasteiger partial charge >= 0.3 is 35.5 Å².